The predicted molar refractivity (Wildman–Crippen MR) is 210 cm³/mol. The Morgan fingerprint density at radius 2 is 0.667 bits per heavy atom. The van der Waals surface area contributed by atoms with Gasteiger partial charge in [0.15, 0.2) is 0 Å². The van der Waals surface area contributed by atoms with Gasteiger partial charge in [0.05, 0.1) is 9.79 Å². The molecular formula is C44H42N2O6S2. The standard InChI is InChI=1S/C44H42N2O6S2/c47-43(33-19-5-1-6-20-33,34-21-7-2-8-22-34)37-27-13-17-31-41(37)53(49,50)45-39-29-15-16-30-40(39)46-54(51,52)42-32-18-14-28-38(42)44(48,35-23-9-3-10-24-35)36-25-11-4-12-26-36/h1-14,17-28,31-32,39-40,45-48H,15-16,29-30H2/t39-,40-/m1/s1. The molecule has 0 aliphatic heterocycles. The monoisotopic (exact) mass is 758 g/mol. The molecule has 276 valence electrons. The van der Waals surface area contributed by atoms with Crippen LogP contribution in [-0.2, 0) is 31.2 Å². The van der Waals surface area contributed by atoms with E-state index >= 15 is 0 Å². The van der Waals surface area contributed by atoms with Crippen LogP contribution in [0.15, 0.2) is 180 Å². The number of benzene rings is 6. The van der Waals surface area contributed by atoms with Gasteiger partial charge in [-0.1, -0.05) is 171 Å². The lowest BCUT2D eigenvalue weighted by Crippen LogP contribution is -2.53. The van der Waals surface area contributed by atoms with Crippen molar-refractivity contribution in [2.75, 3.05) is 0 Å². The van der Waals surface area contributed by atoms with Crippen molar-refractivity contribution in [3.05, 3.63) is 203 Å². The molecule has 54 heavy (non-hydrogen) atoms. The van der Waals surface area contributed by atoms with E-state index in [1.54, 1.807) is 133 Å². The maximum absolute atomic E-state index is 14.5. The molecule has 1 saturated carbocycles. The van der Waals surface area contributed by atoms with E-state index in [1.165, 1.54) is 12.1 Å². The zero-order valence-corrected chi connectivity index (χ0v) is 31.1. The number of rotatable bonds is 12. The summed E-state index contributed by atoms with van der Waals surface area (Å²) in [6.45, 7) is 0. The minimum absolute atomic E-state index is 0.117. The van der Waals surface area contributed by atoms with Gasteiger partial charge < -0.3 is 10.2 Å². The van der Waals surface area contributed by atoms with Crippen molar-refractivity contribution < 1.29 is 27.0 Å². The van der Waals surface area contributed by atoms with Crippen LogP contribution in [0.1, 0.15) is 59.1 Å². The smallest absolute Gasteiger partial charge is 0.241 e. The van der Waals surface area contributed by atoms with Crippen LogP contribution in [0.3, 0.4) is 0 Å². The van der Waals surface area contributed by atoms with Gasteiger partial charge in [-0.25, -0.2) is 26.3 Å². The summed E-state index contributed by atoms with van der Waals surface area (Å²) in [5.74, 6) is 0. The second kappa shape index (κ2) is 15.4. The fourth-order valence-corrected chi connectivity index (χ4v) is 10.8. The zero-order valence-electron chi connectivity index (χ0n) is 29.5. The Balaban J connectivity index is 1.24. The van der Waals surface area contributed by atoms with Gasteiger partial charge in [-0.2, -0.15) is 0 Å². The molecule has 0 aromatic heterocycles. The first kappa shape index (κ1) is 37.4. The van der Waals surface area contributed by atoms with E-state index in [2.05, 4.69) is 9.44 Å². The summed E-state index contributed by atoms with van der Waals surface area (Å²) in [6.07, 6.45) is 2.14. The van der Waals surface area contributed by atoms with Crippen LogP contribution in [0.2, 0.25) is 0 Å². The summed E-state index contributed by atoms with van der Waals surface area (Å²) >= 11 is 0. The average Bonchev–Trinajstić information content (AvgIpc) is 3.22. The third-order valence-corrected chi connectivity index (χ3v) is 13.4. The third-order valence-electron chi connectivity index (χ3n) is 10.3. The minimum Gasteiger partial charge on any atom is -0.376 e. The fraction of sp³-hybridized carbons (Fsp3) is 0.182. The molecule has 4 N–H and O–H groups in total. The lowest BCUT2D eigenvalue weighted by atomic mass is 9.80. The Hall–Kier alpha value is -4.94. The molecule has 0 saturated heterocycles. The van der Waals surface area contributed by atoms with Gasteiger partial charge in [-0.3, -0.25) is 0 Å². The number of nitrogens with one attached hydrogen (secondary N) is 2. The summed E-state index contributed by atoms with van der Waals surface area (Å²) in [4.78, 5) is -0.234. The van der Waals surface area contributed by atoms with Crippen LogP contribution in [0.25, 0.3) is 0 Å². The van der Waals surface area contributed by atoms with Crippen LogP contribution in [0.4, 0.5) is 0 Å². The first-order chi connectivity index (χ1) is 26.0. The molecule has 7 rings (SSSR count). The van der Waals surface area contributed by atoms with Crippen LogP contribution < -0.4 is 9.44 Å². The molecule has 6 aromatic rings. The van der Waals surface area contributed by atoms with Crippen molar-refractivity contribution in [1.82, 2.24) is 9.44 Å². The molecule has 1 fully saturated rings. The van der Waals surface area contributed by atoms with Gasteiger partial charge in [-0.15, -0.1) is 0 Å². The minimum atomic E-state index is -4.33. The van der Waals surface area contributed by atoms with Crippen molar-refractivity contribution in [3.8, 4) is 0 Å². The molecule has 8 nitrogen and oxygen atoms in total. The Morgan fingerprint density at radius 1 is 0.407 bits per heavy atom. The second-order valence-electron chi connectivity index (χ2n) is 13.6. The molecular weight excluding hydrogens is 717 g/mol. The van der Waals surface area contributed by atoms with Gasteiger partial charge >= 0.3 is 0 Å². The van der Waals surface area contributed by atoms with E-state index in [0.29, 0.717) is 47.9 Å². The Bertz CT molecular complexity index is 2160. The number of hydrogen-bond acceptors (Lipinski definition) is 6. The Labute approximate surface area is 317 Å². The van der Waals surface area contributed by atoms with Crippen molar-refractivity contribution in [1.29, 1.82) is 0 Å². The highest BCUT2D eigenvalue weighted by Crippen LogP contribution is 2.41. The summed E-state index contributed by atoms with van der Waals surface area (Å²) in [5, 5.41) is 25.1. The molecule has 0 unspecified atom stereocenters. The van der Waals surface area contributed by atoms with Gasteiger partial charge in [0.2, 0.25) is 20.0 Å². The lowest BCUT2D eigenvalue weighted by molar-refractivity contribution is 0.122. The molecule has 0 heterocycles. The molecule has 0 bridgehead atoms. The highest BCUT2D eigenvalue weighted by Gasteiger charge is 2.42. The summed E-state index contributed by atoms with van der Waals surface area (Å²) in [5.41, 5.74) is -1.34. The van der Waals surface area contributed by atoms with E-state index in [-0.39, 0.29) is 20.9 Å². The topological polar surface area (TPSA) is 133 Å². The summed E-state index contributed by atoms with van der Waals surface area (Å²) in [6, 6.07) is 46.7. The van der Waals surface area contributed by atoms with E-state index in [0.717, 1.165) is 0 Å². The molecule has 1 aliphatic carbocycles. The van der Waals surface area contributed by atoms with Gasteiger partial charge in [0, 0.05) is 23.2 Å². The second-order valence-corrected chi connectivity index (χ2v) is 17.0. The highest BCUT2D eigenvalue weighted by molar-refractivity contribution is 7.90. The Morgan fingerprint density at radius 3 is 0.963 bits per heavy atom. The van der Waals surface area contributed by atoms with Gasteiger partial charge in [-0.05, 0) is 47.2 Å². The van der Waals surface area contributed by atoms with Crippen molar-refractivity contribution in [2.24, 2.45) is 0 Å². The Kier molecular flexibility index (Phi) is 10.7. The van der Waals surface area contributed by atoms with Gasteiger partial charge in [0.1, 0.15) is 11.2 Å². The number of aliphatic hydroxyl groups is 2. The van der Waals surface area contributed by atoms with E-state index in [9.17, 15) is 27.0 Å². The molecule has 0 amide bonds. The molecule has 1 aliphatic rings. The lowest BCUT2D eigenvalue weighted by Gasteiger charge is -2.35. The largest absolute Gasteiger partial charge is 0.376 e. The SMILES string of the molecule is O=S(=O)(N[C@@H]1CCCC[C@H]1NS(=O)(=O)c1ccccc1C(O)(c1ccccc1)c1ccccc1)c1ccccc1C(O)(c1ccccc1)c1ccccc1. The molecule has 2 atom stereocenters. The quantitative estimate of drug-likeness (QED) is 0.101. The summed E-state index contributed by atoms with van der Waals surface area (Å²) in [7, 11) is -8.66. The first-order valence-corrected chi connectivity index (χ1v) is 20.9. The van der Waals surface area contributed by atoms with Crippen molar-refractivity contribution >= 4 is 20.0 Å². The van der Waals surface area contributed by atoms with Crippen LogP contribution in [-0.4, -0.2) is 39.1 Å². The predicted octanol–water partition coefficient (Wildman–Crippen LogP) is 6.82. The average molecular weight is 759 g/mol. The molecule has 0 radical (unpaired) electrons. The normalized spacial score (nSPS) is 16.9. The maximum Gasteiger partial charge on any atom is 0.241 e. The van der Waals surface area contributed by atoms with Crippen LogP contribution in [0, 0.1) is 0 Å². The van der Waals surface area contributed by atoms with E-state index < -0.39 is 43.3 Å². The van der Waals surface area contributed by atoms with Crippen LogP contribution >= 0.6 is 0 Å². The summed E-state index contributed by atoms with van der Waals surface area (Å²) < 4.78 is 63.6. The number of hydrogen-bond donors (Lipinski definition) is 4. The first-order valence-electron chi connectivity index (χ1n) is 18.0. The fourth-order valence-electron chi connectivity index (χ4n) is 7.61. The van der Waals surface area contributed by atoms with Crippen molar-refractivity contribution in [2.45, 2.75) is 58.8 Å². The zero-order chi connectivity index (χ0) is 37.8. The van der Waals surface area contributed by atoms with Crippen molar-refractivity contribution in [3.63, 3.8) is 0 Å². The number of sulfonamides is 2. The van der Waals surface area contributed by atoms with E-state index in [4.69, 9.17) is 0 Å². The molecule has 6 aromatic carbocycles. The van der Waals surface area contributed by atoms with Crippen LogP contribution in [0.5, 0.6) is 0 Å². The molecule has 0 spiro atoms. The molecule has 10 heteroatoms. The third kappa shape index (κ3) is 7.16. The maximum atomic E-state index is 14.5. The van der Waals surface area contributed by atoms with Gasteiger partial charge in [0.25, 0.3) is 0 Å². The van der Waals surface area contributed by atoms with E-state index in [1.807, 2.05) is 24.3 Å². The highest BCUT2D eigenvalue weighted by atomic mass is 32.2.